The van der Waals surface area contributed by atoms with E-state index in [1.54, 1.807) is 11.3 Å². The average Bonchev–Trinajstić information content (AvgIpc) is 3.52. The van der Waals surface area contributed by atoms with Gasteiger partial charge < -0.3 is 4.74 Å². The quantitative estimate of drug-likeness (QED) is 0.726. The normalized spacial score (nSPS) is 23.8. The Bertz CT molecular complexity index is 705. The number of fused-ring (bicyclic) bond motifs is 1. The second-order valence-corrected chi connectivity index (χ2v) is 8.80. The van der Waals surface area contributed by atoms with Gasteiger partial charge in [0, 0.05) is 31.3 Å². The minimum absolute atomic E-state index is 0.313. The molecule has 1 atom stereocenters. The highest BCUT2D eigenvalue weighted by molar-refractivity contribution is 7.09. The lowest BCUT2D eigenvalue weighted by Crippen LogP contribution is -2.38. The van der Waals surface area contributed by atoms with Crippen molar-refractivity contribution in [3.05, 3.63) is 34.0 Å². The molecule has 5 rings (SSSR count). The van der Waals surface area contributed by atoms with Crippen LogP contribution in [0.25, 0.3) is 0 Å². The van der Waals surface area contributed by atoms with Crippen molar-refractivity contribution >= 4 is 11.3 Å². The molecule has 5 nitrogen and oxygen atoms in total. The van der Waals surface area contributed by atoms with Gasteiger partial charge >= 0.3 is 0 Å². The lowest BCUT2D eigenvalue weighted by molar-refractivity contribution is 0.0406. The van der Waals surface area contributed by atoms with Crippen LogP contribution in [0.15, 0.2) is 17.8 Å². The van der Waals surface area contributed by atoms with E-state index in [2.05, 4.69) is 26.1 Å². The van der Waals surface area contributed by atoms with Gasteiger partial charge in [0.2, 0.25) is 0 Å². The topological polar surface area (TPSA) is 43.2 Å². The Morgan fingerprint density at radius 2 is 2.04 bits per heavy atom. The molecule has 2 fully saturated rings. The van der Waals surface area contributed by atoms with Crippen LogP contribution in [0.3, 0.4) is 0 Å². The second kappa shape index (κ2) is 6.82. The maximum Gasteiger partial charge on any atom is 0.107 e. The fraction of sp³-hybridized carbons (Fsp3) is 0.684. The first kappa shape index (κ1) is 16.0. The summed E-state index contributed by atoms with van der Waals surface area (Å²) in [5.41, 5.74) is 2.83. The van der Waals surface area contributed by atoms with Crippen LogP contribution in [0, 0.1) is 11.8 Å². The van der Waals surface area contributed by atoms with E-state index < -0.39 is 0 Å². The first-order chi connectivity index (χ1) is 12.4. The summed E-state index contributed by atoms with van der Waals surface area (Å²) in [5, 5.41) is 8.00. The highest BCUT2D eigenvalue weighted by Crippen LogP contribution is 2.36. The SMILES string of the molecule is c1csc(CN2CCc3cnn(CC4CC4)c3C2COCC2CC2)n1. The molecule has 2 aromatic heterocycles. The molecule has 6 heteroatoms. The molecular formula is C19H26N4OS. The smallest absolute Gasteiger partial charge is 0.107 e. The zero-order valence-electron chi connectivity index (χ0n) is 14.6. The maximum absolute atomic E-state index is 6.15. The molecule has 1 unspecified atom stereocenters. The minimum Gasteiger partial charge on any atom is -0.379 e. The van der Waals surface area contributed by atoms with Gasteiger partial charge in [-0.1, -0.05) is 0 Å². The first-order valence-corrected chi connectivity index (χ1v) is 10.5. The van der Waals surface area contributed by atoms with Crippen LogP contribution in [-0.4, -0.2) is 39.4 Å². The summed E-state index contributed by atoms with van der Waals surface area (Å²) in [5.74, 6) is 1.65. The molecule has 134 valence electrons. The third-order valence-electron chi connectivity index (χ3n) is 5.66. The number of hydrogen-bond acceptors (Lipinski definition) is 5. The van der Waals surface area contributed by atoms with Crippen LogP contribution in [0.2, 0.25) is 0 Å². The zero-order valence-corrected chi connectivity index (χ0v) is 15.5. The lowest BCUT2D eigenvalue weighted by Gasteiger charge is -2.35. The highest BCUT2D eigenvalue weighted by atomic mass is 32.1. The van der Waals surface area contributed by atoms with Gasteiger partial charge in [-0.05, 0) is 49.5 Å². The van der Waals surface area contributed by atoms with Gasteiger partial charge in [-0.3, -0.25) is 9.58 Å². The fourth-order valence-electron chi connectivity index (χ4n) is 3.80. The molecule has 0 radical (unpaired) electrons. The minimum atomic E-state index is 0.313. The fourth-order valence-corrected chi connectivity index (χ4v) is 4.45. The standard InChI is InChI=1S/C19H26N4OS/c1-2-14(1)10-23-19-16(9-21-23)5-7-22(11-18-20-6-8-25-18)17(19)13-24-12-15-3-4-15/h6,8-9,14-15,17H,1-5,7,10-13H2. The van der Waals surface area contributed by atoms with Gasteiger partial charge in [-0.2, -0.15) is 5.10 Å². The van der Waals surface area contributed by atoms with E-state index in [4.69, 9.17) is 9.84 Å². The van der Waals surface area contributed by atoms with Crippen LogP contribution in [0.4, 0.5) is 0 Å². The summed E-state index contributed by atoms with van der Waals surface area (Å²) in [6.45, 7) is 4.78. The Hall–Kier alpha value is -1.24. The molecule has 2 aromatic rings. The van der Waals surface area contributed by atoms with Gasteiger partial charge in [0.15, 0.2) is 0 Å². The van der Waals surface area contributed by atoms with Crippen molar-refractivity contribution in [2.45, 2.75) is 51.2 Å². The molecule has 0 bridgehead atoms. The summed E-state index contributed by atoms with van der Waals surface area (Å²) in [4.78, 5) is 7.06. The third-order valence-corrected chi connectivity index (χ3v) is 6.43. The van der Waals surface area contributed by atoms with Crippen molar-refractivity contribution in [1.29, 1.82) is 0 Å². The van der Waals surface area contributed by atoms with E-state index in [1.165, 1.54) is 41.9 Å². The van der Waals surface area contributed by atoms with Gasteiger partial charge in [-0.15, -0.1) is 11.3 Å². The second-order valence-electron chi connectivity index (χ2n) is 7.82. The first-order valence-electron chi connectivity index (χ1n) is 9.61. The molecule has 0 spiro atoms. The van der Waals surface area contributed by atoms with Crippen molar-refractivity contribution in [3.8, 4) is 0 Å². The molecule has 3 aliphatic rings. The van der Waals surface area contributed by atoms with Gasteiger partial charge in [0.25, 0.3) is 0 Å². The monoisotopic (exact) mass is 358 g/mol. The zero-order chi connectivity index (χ0) is 16.6. The highest BCUT2D eigenvalue weighted by Gasteiger charge is 2.34. The van der Waals surface area contributed by atoms with Crippen LogP contribution in [0.5, 0.6) is 0 Å². The van der Waals surface area contributed by atoms with Crippen molar-refractivity contribution in [3.63, 3.8) is 0 Å². The van der Waals surface area contributed by atoms with E-state index >= 15 is 0 Å². The van der Waals surface area contributed by atoms with Gasteiger partial charge in [0.1, 0.15) is 5.01 Å². The molecule has 0 N–H and O–H groups in total. The van der Waals surface area contributed by atoms with Gasteiger partial charge in [-0.25, -0.2) is 4.98 Å². The van der Waals surface area contributed by atoms with Crippen LogP contribution in [-0.2, 0) is 24.2 Å². The molecule has 0 saturated heterocycles. The Balaban J connectivity index is 1.37. The van der Waals surface area contributed by atoms with E-state index in [0.717, 1.165) is 51.1 Å². The predicted octanol–water partition coefficient (Wildman–Crippen LogP) is 3.28. The number of ether oxygens (including phenoxy) is 1. The lowest BCUT2D eigenvalue weighted by atomic mass is 10.00. The van der Waals surface area contributed by atoms with Crippen molar-refractivity contribution in [1.82, 2.24) is 19.7 Å². The Kier molecular flexibility index (Phi) is 4.36. The van der Waals surface area contributed by atoms with E-state index in [-0.39, 0.29) is 0 Å². The average molecular weight is 359 g/mol. The van der Waals surface area contributed by atoms with Gasteiger partial charge in [0.05, 0.1) is 31.1 Å². The van der Waals surface area contributed by atoms with Crippen molar-refractivity contribution in [2.24, 2.45) is 11.8 Å². The predicted molar refractivity (Wildman–Crippen MR) is 97.5 cm³/mol. The summed E-state index contributed by atoms with van der Waals surface area (Å²) in [6.07, 6.45) is 10.5. The molecule has 0 aromatic carbocycles. The van der Waals surface area contributed by atoms with Crippen LogP contribution >= 0.6 is 11.3 Å². The number of hydrogen-bond donors (Lipinski definition) is 0. The molecule has 1 aliphatic heterocycles. The summed E-state index contributed by atoms with van der Waals surface area (Å²) >= 11 is 1.75. The molecule has 0 amide bonds. The van der Waals surface area contributed by atoms with Crippen LogP contribution in [0.1, 0.15) is 48.0 Å². The van der Waals surface area contributed by atoms with E-state index in [9.17, 15) is 0 Å². The number of thiazole rings is 1. The largest absolute Gasteiger partial charge is 0.379 e. The number of aromatic nitrogens is 3. The maximum atomic E-state index is 6.15. The molecule has 3 heterocycles. The Morgan fingerprint density at radius 3 is 2.80 bits per heavy atom. The van der Waals surface area contributed by atoms with E-state index in [1.807, 2.05) is 6.20 Å². The number of nitrogens with zero attached hydrogens (tertiary/aromatic N) is 4. The van der Waals surface area contributed by atoms with Crippen molar-refractivity contribution < 1.29 is 4.74 Å². The summed E-state index contributed by atoms with van der Waals surface area (Å²) in [7, 11) is 0. The molecular weight excluding hydrogens is 332 g/mol. The Labute approximate surface area is 153 Å². The molecule has 2 aliphatic carbocycles. The third kappa shape index (κ3) is 3.66. The van der Waals surface area contributed by atoms with E-state index in [0.29, 0.717) is 6.04 Å². The molecule has 25 heavy (non-hydrogen) atoms. The summed E-state index contributed by atoms with van der Waals surface area (Å²) < 4.78 is 8.43. The number of rotatable bonds is 8. The Morgan fingerprint density at radius 1 is 1.16 bits per heavy atom. The molecule has 2 saturated carbocycles. The summed E-state index contributed by atoms with van der Waals surface area (Å²) in [6, 6.07) is 0.313. The van der Waals surface area contributed by atoms with Crippen LogP contribution < -0.4 is 0 Å². The van der Waals surface area contributed by atoms with Crippen molar-refractivity contribution in [2.75, 3.05) is 19.8 Å².